The average Bonchev–Trinajstić information content (AvgIpc) is 3.20. The maximum absolute atomic E-state index is 13.0. The van der Waals surface area contributed by atoms with E-state index in [1.54, 1.807) is 0 Å². The Bertz CT molecular complexity index is 907. The molecular formula is C24H30O6. The van der Waals surface area contributed by atoms with Crippen LogP contribution in [0.2, 0.25) is 0 Å². The van der Waals surface area contributed by atoms with Crippen LogP contribution in [0.3, 0.4) is 0 Å². The summed E-state index contributed by atoms with van der Waals surface area (Å²) in [5.41, 5.74) is -0.191. The fraction of sp³-hybridized carbons (Fsp3) is 0.792. The number of hydrogen-bond donors (Lipinski definition) is 0. The van der Waals surface area contributed by atoms with Crippen LogP contribution in [0.25, 0.3) is 0 Å². The second-order valence-corrected chi connectivity index (χ2v) is 10.9. The number of hydrogen-bond acceptors (Lipinski definition) is 6. The highest BCUT2D eigenvalue weighted by molar-refractivity contribution is 5.84. The highest BCUT2D eigenvalue weighted by atomic mass is 16.6. The van der Waals surface area contributed by atoms with Crippen molar-refractivity contribution in [3.8, 4) is 0 Å². The molecule has 0 aromatic heterocycles. The average molecular weight is 414 g/mol. The molecule has 0 aromatic carbocycles. The fourth-order valence-electron chi connectivity index (χ4n) is 8.59. The van der Waals surface area contributed by atoms with Crippen molar-refractivity contribution in [3.05, 3.63) is 11.6 Å². The first kappa shape index (κ1) is 19.0. The Kier molecular flexibility index (Phi) is 3.53. The Balaban J connectivity index is 1.50. The molecule has 0 bridgehead atoms. The van der Waals surface area contributed by atoms with Gasteiger partial charge in [-0.3, -0.25) is 14.4 Å². The second kappa shape index (κ2) is 5.56. The van der Waals surface area contributed by atoms with Crippen LogP contribution in [0, 0.1) is 28.6 Å². The van der Waals surface area contributed by atoms with Crippen LogP contribution in [0.15, 0.2) is 11.6 Å². The van der Waals surface area contributed by atoms with E-state index in [1.807, 2.05) is 0 Å². The number of esters is 2. The zero-order valence-electron chi connectivity index (χ0n) is 18.0. The third-order valence-electron chi connectivity index (χ3n) is 10.2. The van der Waals surface area contributed by atoms with Crippen molar-refractivity contribution in [2.45, 2.75) is 82.5 Å². The van der Waals surface area contributed by atoms with Gasteiger partial charge in [0.1, 0.15) is 17.0 Å². The fourth-order valence-corrected chi connectivity index (χ4v) is 8.59. The molecule has 0 radical (unpaired) electrons. The van der Waals surface area contributed by atoms with Gasteiger partial charge in [-0.25, -0.2) is 0 Å². The quantitative estimate of drug-likeness (QED) is 0.372. The first-order valence-corrected chi connectivity index (χ1v) is 11.4. The Morgan fingerprint density at radius 2 is 1.97 bits per heavy atom. The van der Waals surface area contributed by atoms with Crippen molar-refractivity contribution < 1.29 is 28.6 Å². The molecule has 0 N–H and O–H groups in total. The molecule has 6 rings (SSSR count). The summed E-state index contributed by atoms with van der Waals surface area (Å²) in [5, 5.41) is 0. The van der Waals surface area contributed by atoms with E-state index in [2.05, 4.69) is 19.9 Å². The van der Waals surface area contributed by atoms with E-state index in [4.69, 9.17) is 14.2 Å². The lowest BCUT2D eigenvalue weighted by Crippen LogP contribution is -2.62. The predicted octanol–water partition coefficient (Wildman–Crippen LogP) is 3.12. The van der Waals surface area contributed by atoms with Crippen molar-refractivity contribution in [2.24, 2.45) is 28.6 Å². The summed E-state index contributed by atoms with van der Waals surface area (Å²) >= 11 is 0. The minimum absolute atomic E-state index is 0.00525. The van der Waals surface area contributed by atoms with Crippen molar-refractivity contribution in [2.75, 3.05) is 7.11 Å². The van der Waals surface area contributed by atoms with Gasteiger partial charge in [0, 0.05) is 36.0 Å². The number of ether oxygens (including phenoxy) is 3. The largest absolute Gasteiger partial charge is 0.469 e. The number of ketones is 1. The van der Waals surface area contributed by atoms with Crippen LogP contribution in [-0.2, 0) is 28.6 Å². The smallest absolute Gasteiger partial charge is 0.312 e. The summed E-state index contributed by atoms with van der Waals surface area (Å²) in [6.45, 7) is 4.50. The number of rotatable bonds is 1. The molecule has 6 nitrogen and oxygen atoms in total. The van der Waals surface area contributed by atoms with Crippen LogP contribution in [0.4, 0.5) is 0 Å². The molecule has 30 heavy (non-hydrogen) atoms. The van der Waals surface area contributed by atoms with Gasteiger partial charge in [-0.15, -0.1) is 0 Å². The van der Waals surface area contributed by atoms with Crippen molar-refractivity contribution >= 4 is 17.7 Å². The zero-order valence-corrected chi connectivity index (χ0v) is 18.0. The minimum atomic E-state index is -0.430. The summed E-state index contributed by atoms with van der Waals surface area (Å²) in [5.74, 6) is -0.292. The molecule has 2 spiro atoms. The van der Waals surface area contributed by atoms with Crippen molar-refractivity contribution in [1.29, 1.82) is 0 Å². The molecule has 4 aliphatic carbocycles. The molecule has 162 valence electrons. The van der Waals surface area contributed by atoms with Gasteiger partial charge in [0.25, 0.3) is 0 Å². The van der Waals surface area contributed by atoms with E-state index in [0.717, 1.165) is 37.7 Å². The molecule has 6 aliphatic rings. The van der Waals surface area contributed by atoms with Gasteiger partial charge < -0.3 is 14.2 Å². The van der Waals surface area contributed by atoms with Gasteiger partial charge in [0.2, 0.25) is 0 Å². The third-order valence-corrected chi connectivity index (χ3v) is 10.2. The first-order chi connectivity index (χ1) is 14.2. The van der Waals surface area contributed by atoms with Crippen molar-refractivity contribution in [3.63, 3.8) is 0 Å². The Hall–Kier alpha value is -1.69. The normalized spacial score (nSPS) is 53.2. The number of carbonyl (C=O) groups excluding carboxylic acids is 3. The van der Waals surface area contributed by atoms with Crippen molar-refractivity contribution in [1.82, 2.24) is 0 Å². The topological polar surface area (TPSA) is 82.2 Å². The van der Waals surface area contributed by atoms with E-state index < -0.39 is 17.1 Å². The number of fused-ring (bicyclic) bond motifs is 4. The van der Waals surface area contributed by atoms with Gasteiger partial charge in [0.15, 0.2) is 0 Å². The van der Waals surface area contributed by atoms with Crippen LogP contribution >= 0.6 is 0 Å². The van der Waals surface area contributed by atoms with Crippen LogP contribution in [0.5, 0.6) is 0 Å². The predicted molar refractivity (Wildman–Crippen MR) is 105 cm³/mol. The number of Topliss-reactive ketones (excluding diaryl/α,β-unsaturated/α-hetero) is 1. The summed E-state index contributed by atoms with van der Waals surface area (Å²) in [4.78, 5) is 37.4. The van der Waals surface area contributed by atoms with E-state index in [-0.39, 0.29) is 46.5 Å². The molecular weight excluding hydrogens is 384 g/mol. The maximum Gasteiger partial charge on any atom is 0.312 e. The standard InChI is InChI=1S/C24H30O6/c1-21-7-4-14(25)10-13(21)11-15(20(27)28-3)19-16-5-8-23(9-6-18(26)30-23)22(16,2)12-17-24(19,21)29-17/h11,15-17,19H,4-10,12H2,1-3H3/t15-,16?,17-,19+,21+,22+,23?,24-/m1/s1. The lowest BCUT2D eigenvalue weighted by Gasteiger charge is -2.57. The molecule has 0 amide bonds. The molecule has 6 heteroatoms. The third kappa shape index (κ3) is 1.94. The molecule has 8 atom stereocenters. The van der Waals surface area contributed by atoms with E-state index in [0.29, 0.717) is 19.3 Å². The molecule has 2 heterocycles. The Morgan fingerprint density at radius 1 is 1.17 bits per heavy atom. The SMILES string of the molecule is COC(=O)[C@@H]1C=C2CC(=O)CC[C@]2(C)[C@@]23O[C@@H]2C[C@@]2(C)C(CCC24CCC(=O)O4)[C@H]13. The van der Waals surface area contributed by atoms with Crippen LogP contribution in [-0.4, -0.2) is 42.1 Å². The van der Waals surface area contributed by atoms with Gasteiger partial charge in [0.05, 0.1) is 19.1 Å². The second-order valence-electron chi connectivity index (χ2n) is 10.9. The van der Waals surface area contributed by atoms with Crippen LogP contribution in [0.1, 0.15) is 65.2 Å². The monoisotopic (exact) mass is 414 g/mol. The molecule has 2 unspecified atom stereocenters. The van der Waals surface area contributed by atoms with E-state index in [9.17, 15) is 14.4 Å². The lowest BCUT2D eigenvalue weighted by molar-refractivity contribution is -0.169. The van der Waals surface area contributed by atoms with E-state index in [1.165, 1.54) is 7.11 Å². The highest BCUT2D eigenvalue weighted by Gasteiger charge is 2.83. The highest BCUT2D eigenvalue weighted by Crippen LogP contribution is 2.77. The van der Waals surface area contributed by atoms with Gasteiger partial charge >= 0.3 is 11.9 Å². The van der Waals surface area contributed by atoms with Crippen LogP contribution < -0.4 is 0 Å². The molecule has 2 saturated heterocycles. The van der Waals surface area contributed by atoms with Gasteiger partial charge in [-0.05, 0) is 38.0 Å². The molecule has 2 aliphatic heterocycles. The van der Waals surface area contributed by atoms with Gasteiger partial charge in [-0.2, -0.15) is 0 Å². The lowest BCUT2D eigenvalue weighted by atomic mass is 9.44. The summed E-state index contributed by atoms with van der Waals surface area (Å²) in [7, 11) is 1.44. The molecule has 5 fully saturated rings. The zero-order chi connectivity index (χ0) is 21.1. The summed E-state index contributed by atoms with van der Waals surface area (Å²) in [6.07, 6.45) is 7.74. The van der Waals surface area contributed by atoms with Gasteiger partial charge in [-0.1, -0.05) is 25.5 Å². The number of epoxide rings is 1. The number of carbonyl (C=O) groups is 3. The summed E-state index contributed by atoms with van der Waals surface area (Å²) < 4.78 is 17.9. The maximum atomic E-state index is 13.0. The first-order valence-electron chi connectivity index (χ1n) is 11.4. The number of methoxy groups -OCH3 is 1. The molecule has 0 aromatic rings. The summed E-state index contributed by atoms with van der Waals surface area (Å²) in [6, 6.07) is 0. The Labute approximate surface area is 176 Å². The minimum Gasteiger partial charge on any atom is -0.469 e. The Morgan fingerprint density at radius 3 is 2.67 bits per heavy atom. The van der Waals surface area contributed by atoms with E-state index >= 15 is 0 Å². The molecule has 3 saturated carbocycles.